The van der Waals surface area contributed by atoms with Gasteiger partial charge in [0, 0.05) is 18.9 Å². The number of hydrogen-bond acceptors (Lipinski definition) is 7. The number of carbonyl (C=O) groups excluding carboxylic acids is 2. The molecule has 0 bridgehead atoms. The number of epoxide rings is 2. The van der Waals surface area contributed by atoms with E-state index in [9.17, 15) is 19.8 Å². The molecule has 0 aromatic heterocycles. The predicted molar refractivity (Wildman–Crippen MR) is 125 cm³/mol. The second kappa shape index (κ2) is 9.82. The maximum Gasteiger partial charge on any atom is 0.244 e. The van der Waals surface area contributed by atoms with E-state index in [1.807, 2.05) is 6.92 Å². The van der Waals surface area contributed by atoms with Crippen molar-refractivity contribution in [3.05, 3.63) is 23.8 Å². The van der Waals surface area contributed by atoms with Crippen molar-refractivity contribution >= 4 is 11.7 Å². The first-order valence-corrected chi connectivity index (χ1v) is 12.7. The zero-order valence-electron chi connectivity index (χ0n) is 20.7. The molecule has 1 spiro atoms. The summed E-state index contributed by atoms with van der Waals surface area (Å²) in [5.74, 6) is 0.0142. The van der Waals surface area contributed by atoms with Crippen LogP contribution >= 0.6 is 0 Å². The number of aliphatic hydroxyl groups excluding tert-OH is 1. The van der Waals surface area contributed by atoms with Gasteiger partial charge in [0.15, 0.2) is 6.29 Å². The molecule has 0 radical (unpaired) electrons. The molecule has 8 nitrogen and oxygen atoms in total. The van der Waals surface area contributed by atoms with Gasteiger partial charge in [-0.15, -0.1) is 0 Å². The molecular weight excluding hydrogens is 438 g/mol. The molecule has 3 saturated heterocycles. The van der Waals surface area contributed by atoms with Gasteiger partial charge in [-0.1, -0.05) is 57.3 Å². The monoisotopic (exact) mass is 477 g/mol. The quantitative estimate of drug-likeness (QED) is 0.181. The van der Waals surface area contributed by atoms with Crippen molar-refractivity contribution in [3.8, 4) is 0 Å². The molecule has 3 aliphatic heterocycles. The van der Waals surface area contributed by atoms with Crippen LogP contribution < -0.4 is 5.32 Å². The number of amides is 1. The van der Waals surface area contributed by atoms with E-state index < -0.39 is 47.9 Å². The van der Waals surface area contributed by atoms with Crippen LogP contribution in [0.5, 0.6) is 0 Å². The van der Waals surface area contributed by atoms with Crippen LogP contribution in [0.25, 0.3) is 0 Å². The lowest BCUT2D eigenvalue weighted by molar-refractivity contribution is -0.161. The highest BCUT2D eigenvalue weighted by Gasteiger charge is 2.83. The molecule has 1 saturated carbocycles. The second-order valence-corrected chi connectivity index (χ2v) is 10.7. The number of fused-ring (bicyclic) bond motifs is 4. The first-order chi connectivity index (χ1) is 16.1. The third-order valence-electron chi connectivity index (χ3n) is 7.57. The number of carbonyl (C=O) groups is 2. The van der Waals surface area contributed by atoms with Crippen LogP contribution in [-0.2, 0) is 23.8 Å². The minimum Gasteiger partial charge on any atom is -0.384 e. The topological polar surface area (TPSA) is 121 Å². The number of hydrogen-bond donors (Lipinski definition) is 3. The Balaban J connectivity index is 1.29. The highest BCUT2D eigenvalue weighted by molar-refractivity contribution is 5.88. The highest BCUT2D eigenvalue weighted by Crippen LogP contribution is 2.62. The Bertz CT molecular complexity index is 834. The zero-order valence-corrected chi connectivity index (χ0v) is 20.7. The lowest BCUT2D eigenvalue weighted by Crippen LogP contribution is -2.57. The van der Waals surface area contributed by atoms with Gasteiger partial charge in [-0.25, -0.2) is 0 Å². The Morgan fingerprint density at radius 2 is 1.76 bits per heavy atom. The fraction of sp³-hybridized carbons (Fsp3) is 0.769. The maximum atomic E-state index is 12.5. The Labute approximate surface area is 201 Å². The summed E-state index contributed by atoms with van der Waals surface area (Å²) in [6.45, 7) is 7.81. The lowest BCUT2D eigenvalue weighted by Gasteiger charge is -2.33. The summed E-state index contributed by atoms with van der Waals surface area (Å²) in [7, 11) is 0. The molecule has 34 heavy (non-hydrogen) atoms. The zero-order chi connectivity index (χ0) is 24.7. The van der Waals surface area contributed by atoms with Crippen molar-refractivity contribution in [2.24, 2.45) is 5.92 Å². The van der Waals surface area contributed by atoms with Crippen molar-refractivity contribution in [2.45, 2.75) is 121 Å². The molecule has 4 rings (SSSR count). The number of rotatable bonds is 11. The van der Waals surface area contributed by atoms with Crippen molar-refractivity contribution in [3.63, 3.8) is 0 Å². The number of unbranched alkanes of at least 4 members (excludes halogenated alkanes) is 3. The maximum absolute atomic E-state index is 12.5. The van der Waals surface area contributed by atoms with Gasteiger partial charge in [0.2, 0.25) is 5.91 Å². The van der Waals surface area contributed by atoms with Crippen LogP contribution in [0.2, 0.25) is 0 Å². The summed E-state index contributed by atoms with van der Waals surface area (Å²) in [4.78, 5) is 24.1. The lowest BCUT2D eigenvalue weighted by atomic mass is 9.72. The van der Waals surface area contributed by atoms with Crippen LogP contribution in [0.3, 0.4) is 0 Å². The SMILES string of the molecule is CCCCCCC(C)/C=C(C)/C=C/C(=O)NC1CC2(OC1O)C1OC1C(O)(CC(C)=O)C1OC12. The van der Waals surface area contributed by atoms with Crippen molar-refractivity contribution in [1.29, 1.82) is 0 Å². The first-order valence-electron chi connectivity index (χ1n) is 12.7. The van der Waals surface area contributed by atoms with Crippen LogP contribution in [0.4, 0.5) is 0 Å². The summed E-state index contributed by atoms with van der Waals surface area (Å²) in [6, 6.07) is -0.618. The van der Waals surface area contributed by atoms with Crippen molar-refractivity contribution in [1.82, 2.24) is 5.32 Å². The molecule has 4 aliphatic rings. The Kier molecular flexibility index (Phi) is 7.37. The summed E-state index contributed by atoms with van der Waals surface area (Å²) >= 11 is 0. The van der Waals surface area contributed by atoms with E-state index in [-0.39, 0.29) is 18.1 Å². The van der Waals surface area contributed by atoms with E-state index >= 15 is 0 Å². The number of allylic oxidation sites excluding steroid dienone is 3. The normalized spacial score (nSPS) is 41.3. The van der Waals surface area contributed by atoms with E-state index in [1.165, 1.54) is 38.7 Å². The molecule has 190 valence electrons. The van der Waals surface area contributed by atoms with Gasteiger partial charge in [0.1, 0.15) is 41.4 Å². The van der Waals surface area contributed by atoms with Crippen LogP contribution in [0.1, 0.15) is 72.6 Å². The summed E-state index contributed by atoms with van der Waals surface area (Å²) in [6.07, 6.45) is 8.54. The van der Waals surface area contributed by atoms with Crippen LogP contribution in [-0.4, -0.2) is 69.9 Å². The minimum absolute atomic E-state index is 0.0385. The van der Waals surface area contributed by atoms with E-state index in [2.05, 4.69) is 25.2 Å². The fourth-order valence-corrected chi connectivity index (χ4v) is 5.86. The summed E-state index contributed by atoms with van der Waals surface area (Å²) < 4.78 is 17.4. The third kappa shape index (κ3) is 5.02. The Hall–Kier alpha value is -1.58. The molecule has 0 aromatic carbocycles. The predicted octanol–water partition coefficient (Wildman–Crippen LogP) is 2.32. The average Bonchev–Trinajstić information content (AvgIpc) is 3.66. The summed E-state index contributed by atoms with van der Waals surface area (Å²) in [5, 5.41) is 24.3. The average molecular weight is 478 g/mol. The van der Waals surface area contributed by atoms with E-state index in [1.54, 1.807) is 6.08 Å². The van der Waals surface area contributed by atoms with Gasteiger partial charge in [-0.2, -0.15) is 0 Å². The van der Waals surface area contributed by atoms with E-state index in [4.69, 9.17) is 14.2 Å². The number of ketones is 1. The van der Waals surface area contributed by atoms with Gasteiger partial charge in [0.05, 0.1) is 6.04 Å². The van der Waals surface area contributed by atoms with Crippen molar-refractivity contribution in [2.75, 3.05) is 0 Å². The molecule has 3 N–H and O–H groups in total. The number of aliphatic hydroxyl groups is 2. The molecule has 0 aromatic rings. The minimum atomic E-state index is -1.36. The molecule has 7 unspecified atom stereocenters. The molecule has 3 heterocycles. The number of ether oxygens (including phenoxy) is 3. The number of nitrogens with one attached hydrogen (secondary N) is 1. The van der Waals surface area contributed by atoms with E-state index in [0.717, 1.165) is 12.0 Å². The largest absolute Gasteiger partial charge is 0.384 e. The molecule has 1 amide bonds. The van der Waals surface area contributed by atoms with E-state index in [0.29, 0.717) is 12.3 Å². The Morgan fingerprint density at radius 1 is 1.09 bits per heavy atom. The first kappa shape index (κ1) is 25.5. The molecule has 7 atom stereocenters. The smallest absolute Gasteiger partial charge is 0.244 e. The number of Topliss-reactive ketones (excluding diaryl/α,β-unsaturated/α-hetero) is 1. The van der Waals surface area contributed by atoms with Gasteiger partial charge in [0.25, 0.3) is 0 Å². The van der Waals surface area contributed by atoms with Crippen molar-refractivity contribution < 1.29 is 34.0 Å². The van der Waals surface area contributed by atoms with Gasteiger partial charge in [-0.05, 0) is 26.2 Å². The van der Waals surface area contributed by atoms with Crippen LogP contribution in [0.15, 0.2) is 23.8 Å². The molecule has 1 aliphatic carbocycles. The summed E-state index contributed by atoms with van der Waals surface area (Å²) in [5.41, 5.74) is -1.26. The second-order valence-electron chi connectivity index (χ2n) is 10.7. The Morgan fingerprint density at radius 3 is 2.38 bits per heavy atom. The van der Waals surface area contributed by atoms with Crippen LogP contribution in [0, 0.1) is 5.92 Å². The highest BCUT2D eigenvalue weighted by atomic mass is 16.7. The standard InChI is InChI=1S/C26H39NO7/c1-5-6-7-8-9-15(2)12-16(3)10-11-19(29)27-18-14-26(34-24(18)30)22-20(32-22)25(31,13-17(4)28)21-23(26)33-21/h10-12,15,18,20-24,30-31H,5-9,13-14H2,1-4H3,(H,27,29)/b11-10+,16-12+. The molecular formula is C26H39NO7. The third-order valence-corrected chi connectivity index (χ3v) is 7.57. The molecule has 4 fully saturated rings. The van der Waals surface area contributed by atoms with Gasteiger partial charge >= 0.3 is 0 Å². The van der Waals surface area contributed by atoms with Gasteiger partial charge < -0.3 is 29.7 Å². The van der Waals surface area contributed by atoms with Gasteiger partial charge in [-0.3, -0.25) is 9.59 Å². The molecule has 8 heteroatoms. The fourth-order valence-electron chi connectivity index (χ4n) is 5.86.